The molecule has 0 unspecified atom stereocenters. The lowest BCUT2D eigenvalue weighted by Gasteiger charge is -2.18. The third-order valence-electron chi connectivity index (χ3n) is 11.8. The lowest BCUT2D eigenvalue weighted by Crippen LogP contribution is -1.99. The van der Waals surface area contributed by atoms with Crippen LogP contribution in [0.2, 0.25) is 0 Å². The maximum absolute atomic E-state index is 2.51. The number of benzene rings is 9. The number of aryl methyl sites for hydroxylation is 2. The summed E-state index contributed by atoms with van der Waals surface area (Å²) in [4.78, 5) is 0. The fraction of sp³-hybridized carbons (Fsp3) is 0.0370. The summed E-state index contributed by atoms with van der Waals surface area (Å²) in [6, 6.07) is 71.2. The summed E-state index contributed by atoms with van der Waals surface area (Å²) in [5.74, 6) is 0. The standard InChI is InChI=1S/C54H38N2/c1-35-14-6-9-19-44(35)52-36(2)32-47(53-46-21-11-13-23-50(46)56(54(52)53)43-30-26-38-17-7-8-18-40(38)33-43)41-27-31-51-48(34-41)45-20-10-12-22-49(45)55(51)42-28-24-39(25-29-42)37-15-4-3-5-16-37/h3-34H,1-2H3. The van der Waals surface area contributed by atoms with Gasteiger partial charge in [-0.1, -0.05) is 146 Å². The van der Waals surface area contributed by atoms with Gasteiger partial charge in [0.05, 0.1) is 22.1 Å². The van der Waals surface area contributed by atoms with E-state index >= 15 is 0 Å². The van der Waals surface area contributed by atoms with Crippen molar-refractivity contribution in [3.63, 3.8) is 0 Å². The Hall–Kier alpha value is -7.16. The maximum Gasteiger partial charge on any atom is 0.0628 e. The molecule has 56 heavy (non-hydrogen) atoms. The van der Waals surface area contributed by atoms with Gasteiger partial charge in [0.1, 0.15) is 0 Å². The first-order chi connectivity index (χ1) is 27.6. The van der Waals surface area contributed by atoms with Gasteiger partial charge in [0.25, 0.3) is 0 Å². The molecule has 2 heterocycles. The Labute approximate surface area is 326 Å². The predicted octanol–water partition coefficient (Wildman–Crippen LogP) is 14.7. The molecule has 2 heteroatoms. The van der Waals surface area contributed by atoms with E-state index in [0.29, 0.717) is 0 Å². The van der Waals surface area contributed by atoms with E-state index in [1.165, 1.54) is 98.9 Å². The summed E-state index contributed by atoms with van der Waals surface area (Å²) >= 11 is 0. The molecular formula is C54H38N2. The normalized spacial score (nSPS) is 11.8. The minimum absolute atomic E-state index is 1.16. The highest BCUT2D eigenvalue weighted by Gasteiger charge is 2.24. The third kappa shape index (κ3) is 4.96. The van der Waals surface area contributed by atoms with E-state index in [2.05, 4.69) is 217 Å². The van der Waals surface area contributed by atoms with Crippen LogP contribution in [0, 0.1) is 13.8 Å². The van der Waals surface area contributed by atoms with Crippen molar-refractivity contribution in [2.45, 2.75) is 13.8 Å². The molecule has 9 aromatic carbocycles. The van der Waals surface area contributed by atoms with Gasteiger partial charge in [0.15, 0.2) is 0 Å². The van der Waals surface area contributed by atoms with Crippen LogP contribution in [-0.2, 0) is 0 Å². The molecule has 264 valence electrons. The van der Waals surface area contributed by atoms with Crippen LogP contribution in [0.3, 0.4) is 0 Å². The largest absolute Gasteiger partial charge is 0.309 e. The van der Waals surface area contributed by atoms with Crippen LogP contribution in [0.25, 0.3) is 99.1 Å². The van der Waals surface area contributed by atoms with Crippen molar-refractivity contribution < 1.29 is 0 Å². The topological polar surface area (TPSA) is 9.86 Å². The van der Waals surface area contributed by atoms with Gasteiger partial charge >= 0.3 is 0 Å². The van der Waals surface area contributed by atoms with Crippen LogP contribution in [0.4, 0.5) is 0 Å². The number of para-hydroxylation sites is 2. The van der Waals surface area contributed by atoms with Gasteiger partial charge in [0.2, 0.25) is 0 Å². The lowest BCUT2D eigenvalue weighted by molar-refractivity contribution is 1.18. The second kappa shape index (κ2) is 12.7. The Kier molecular flexibility index (Phi) is 7.33. The van der Waals surface area contributed by atoms with E-state index in [1.807, 2.05) is 0 Å². The van der Waals surface area contributed by atoms with Crippen molar-refractivity contribution in [3.05, 3.63) is 205 Å². The molecule has 0 fully saturated rings. The van der Waals surface area contributed by atoms with Crippen LogP contribution in [0.1, 0.15) is 11.1 Å². The molecule has 2 nitrogen and oxygen atoms in total. The summed E-state index contributed by atoms with van der Waals surface area (Å²) in [6.07, 6.45) is 0. The first-order valence-corrected chi connectivity index (χ1v) is 19.4. The molecule has 2 aromatic heterocycles. The predicted molar refractivity (Wildman–Crippen MR) is 238 cm³/mol. The Morgan fingerprint density at radius 2 is 0.946 bits per heavy atom. The first-order valence-electron chi connectivity index (χ1n) is 19.4. The van der Waals surface area contributed by atoms with Crippen molar-refractivity contribution in [2.75, 3.05) is 0 Å². The highest BCUT2D eigenvalue weighted by atomic mass is 15.0. The zero-order valence-electron chi connectivity index (χ0n) is 31.4. The van der Waals surface area contributed by atoms with E-state index in [-0.39, 0.29) is 0 Å². The highest BCUT2D eigenvalue weighted by molar-refractivity contribution is 6.21. The number of hydrogen-bond acceptors (Lipinski definition) is 0. The molecule has 0 aliphatic heterocycles. The van der Waals surface area contributed by atoms with Crippen molar-refractivity contribution in [1.82, 2.24) is 9.13 Å². The van der Waals surface area contributed by atoms with Crippen molar-refractivity contribution >= 4 is 54.4 Å². The van der Waals surface area contributed by atoms with E-state index < -0.39 is 0 Å². The average molecular weight is 715 g/mol. The van der Waals surface area contributed by atoms with Gasteiger partial charge in [-0.25, -0.2) is 0 Å². The molecule has 0 atom stereocenters. The Morgan fingerprint density at radius 3 is 1.75 bits per heavy atom. The number of fused-ring (bicyclic) bond motifs is 7. The Morgan fingerprint density at radius 1 is 0.339 bits per heavy atom. The minimum atomic E-state index is 1.16. The van der Waals surface area contributed by atoms with Gasteiger partial charge in [0, 0.05) is 38.5 Å². The molecule has 0 saturated carbocycles. The molecule has 0 amide bonds. The van der Waals surface area contributed by atoms with Gasteiger partial charge in [-0.3, -0.25) is 0 Å². The molecule has 11 rings (SSSR count). The quantitative estimate of drug-likeness (QED) is 0.168. The number of nitrogens with zero attached hydrogens (tertiary/aromatic N) is 2. The van der Waals surface area contributed by atoms with Crippen LogP contribution in [-0.4, -0.2) is 9.13 Å². The molecule has 0 saturated heterocycles. The smallest absolute Gasteiger partial charge is 0.0628 e. The third-order valence-corrected chi connectivity index (χ3v) is 11.8. The first kappa shape index (κ1) is 32.3. The van der Waals surface area contributed by atoms with Crippen LogP contribution in [0.15, 0.2) is 194 Å². The van der Waals surface area contributed by atoms with Crippen LogP contribution >= 0.6 is 0 Å². The molecule has 0 N–H and O–H groups in total. The van der Waals surface area contributed by atoms with E-state index in [0.717, 1.165) is 11.4 Å². The van der Waals surface area contributed by atoms with E-state index in [9.17, 15) is 0 Å². The molecule has 11 aromatic rings. The van der Waals surface area contributed by atoms with Crippen molar-refractivity contribution in [2.24, 2.45) is 0 Å². The monoisotopic (exact) mass is 714 g/mol. The number of rotatable bonds is 5. The summed E-state index contributed by atoms with van der Waals surface area (Å²) < 4.78 is 4.93. The van der Waals surface area contributed by atoms with Crippen LogP contribution in [0.5, 0.6) is 0 Å². The molecular weight excluding hydrogens is 677 g/mol. The minimum Gasteiger partial charge on any atom is -0.309 e. The maximum atomic E-state index is 2.51. The number of aromatic nitrogens is 2. The molecule has 0 aliphatic rings. The second-order valence-electron chi connectivity index (χ2n) is 15.0. The summed E-state index contributed by atoms with van der Waals surface area (Å²) in [5.41, 5.74) is 17.1. The molecule has 0 aliphatic carbocycles. The van der Waals surface area contributed by atoms with Gasteiger partial charge in [-0.15, -0.1) is 0 Å². The molecule has 0 radical (unpaired) electrons. The van der Waals surface area contributed by atoms with E-state index in [4.69, 9.17) is 0 Å². The summed E-state index contributed by atoms with van der Waals surface area (Å²) in [7, 11) is 0. The molecule has 0 spiro atoms. The van der Waals surface area contributed by atoms with Gasteiger partial charge in [-0.2, -0.15) is 0 Å². The second-order valence-corrected chi connectivity index (χ2v) is 15.0. The van der Waals surface area contributed by atoms with Gasteiger partial charge < -0.3 is 9.13 Å². The fourth-order valence-corrected chi connectivity index (χ4v) is 9.15. The molecule has 0 bridgehead atoms. The Bertz CT molecular complexity index is 3310. The van der Waals surface area contributed by atoms with Gasteiger partial charge in [-0.05, 0) is 112 Å². The lowest BCUT2D eigenvalue weighted by atomic mass is 9.89. The zero-order valence-corrected chi connectivity index (χ0v) is 31.4. The van der Waals surface area contributed by atoms with Crippen LogP contribution < -0.4 is 0 Å². The SMILES string of the molecule is Cc1ccccc1-c1c(C)cc(-c2ccc3c(c2)c2ccccc2n3-c2ccc(-c3ccccc3)cc2)c2c3ccccc3n(-c3ccc4ccccc4c3)c12. The van der Waals surface area contributed by atoms with E-state index in [1.54, 1.807) is 0 Å². The highest BCUT2D eigenvalue weighted by Crippen LogP contribution is 2.47. The Balaban J connectivity index is 1.19. The van der Waals surface area contributed by atoms with Crippen molar-refractivity contribution in [1.29, 1.82) is 0 Å². The number of hydrogen-bond donors (Lipinski definition) is 0. The summed E-state index contributed by atoms with van der Waals surface area (Å²) in [6.45, 7) is 4.52. The average Bonchev–Trinajstić information content (AvgIpc) is 3.77. The van der Waals surface area contributed by atoms with Crippen molar-refractivity contribution in [3.8, 4) is 44.8 Å². The summed E-state index contributed by atoms with van der Waals surface area (Å²) in [5, 5.41) is 7.50. The zero-order chi connectivity index (χ0) is 37.3. The fourth-order valence-electron chi connectivity index (χ4n) is 9.15.